The van der Waals surface area contributed by atoms with Crippen LogP contribution in [0.3, 0.4) is 0 Å². The van der Waals surface area contributed by atoms with Crippen molar-refractivity contribution in [1.29, 1.82) is 0 Å². The second kappa shape index (κ2) is 9.43. The number of nitrogens with two attached hydrogens (primary N) is 1. The minimum absolute atomic E-state index is 0.0142. The highest BCUT2D eigenvalue weighted by atomic mass is 19.1. The Hall–Kier alpha value is -3.36. The number of primary amides is 1. The van der Waals surface area contributed by atoms with E-state index in [1.165, 1.54) is 12.0 Å². The molecule has 1 aliphatic carbocycles. The monoisotopic (exact) mass is 416 g/mol. The summed E-state index contributed by atoms with van der Waals surface area (Å²) in [5.74, 6) is -1.57. The van der Waals surface area contributed by atoms with Crippen LogP contribution in [-0.2, 0) is 6.54 Å². The second-order valence-electron chi connectivity index (χ2n) is 7.29. The molecular weight excluding hydrogens is 391 g/mol. The van der Waals surface area contributed by atoms with Crippen LogP contribution in [0.15, 0.2) is 36.4 Å². The highest BCUT2D eigenvalue weighted by molar-refractivity contribution is 5.95. The zero-order chi connectivity index (χ0) is 21.7. The smallest absolute Gasteiger partial charge is 0.407 e. The second-order valence-corrected chi connectivity index (χ2v) is 7.29. The molecule has 0 saturated heterocycles. The molecule has 3 rings (SSSR count). The highest BCUT2D eigenvalue weighted by Crippen LogP contribution is 2.29. The summed E-state index contributed by atoms with van der Waals surface area (Å²) in [7, 11) is 1.33. The van der Waals surface area contributed by atoms with Crippen LogP contribution in [-0.4, -0.2) is 46.2 Å². The Labute approximate surface area is 173 Å². The maximum absolute atomic E-state index is 14.4. The third-order valence-electron chi connectivity index (χ3n) is 5.32. The molecule has 0 spiro atoms. The van der Waals surface area contributed by atoms with Gasteiger partial charge in [-0.15, -0.1) is 0 Å². The van der Waals surface area contributed by atoms with E-state index in [0.29, 0.717) is 32.2 Å². The third kappa shape index (κ3) is 4.97. The minimum Gasteiger partial charge on any atom is -0.480 e. The summed E-state index contributed by atoms with van der Waals surface area (Å²) in [5.41, 5.74) is 6.03. The Bertz CT molecular complexity index is 901. The number of nitrogens with one attached hydrogen (secondary N) is 1. The first kappa shape index (κ1) is 21.4. The van der Waals surface area contributed by atoms with Gasteiger partial charge in [0.15, 0.2) is 11.6 Å². The fourth-order valence-corrected chi connectivity index (χ4v) is 3.76. The SMILES string of the molecule is COc1nc(N[C@H]2CC[C@H](N(Cc3ccccc3)C(=O)O)CC2)c(F)cc1C(N)=O. The summed E-state index contributed by atoms with van der Waals surface area (Å²) < 4.78 is 19.4. The molecule has 1 heterocycles. The van der Waals surface area contributed by atoms with Crippen LogP contribution >= 0.6 is 0 Å². The molecular formula is C21H25FN4O4. The molecule has 1 aromatic heterocycles. The van der Waals surface area contributed by atoms with Crippen LogP contribution in [0, 0.1) is 5.82 Å². The number of nitrogens with zero attached hydrogens (tertiary/aromatic N) is 2. The summed E-state index contributed by atoms with van der Waals surface area (Å²) in [5, 5.41) is 12.7. The van der Waals surface area contributed by atoms with E-state index in [0.717, 1.165) is 11.6 Å². The van der Waals surface area contributed by atoms with Crippen molar-refractivity contribution in [1.82, 2.24) is 9.88 Å². The number of hydrogen-bond donors (Lipinski definition) is 3. The normalized spacial score (nSPS) is 18.5. The maximum atomic E-state index is 14.4. The van der Waals surface area contributed by atoms with E-state index >= 15 is 0 Å². The van der Waals surface area contributed by atoms with Gasteiger partial charge < -0.3 is 25.8 Å². The van der Waals surface area contributed by atoms with Crippen molar-refractivity contribution in [3.8, 4) is 5.88 Å². The number of carbonyl (C=O) groups excluding carboxylic acids is 1. The van der Waals surface area contributed by atoms with Crippen LogP contribution in [0.4, 0.5) is 15.0 Å². The lowest BCUT2D eigenvalue weighted by Crippen LogP contribution is -2.43. The standard InChI is InChI=1S/C21H25FN4O4/c1-30-20-16(18(23)27)11-17(22)19(25-20)24-14-7-9-15(10-8-14)26(21(28)29)12-13-5-3-2-4-6-13/h2-6,11,14-15H,7-10,12H2,1H3,(H2,23,27)(H,24,25)(H,28,29)/t14-,15-. The lowest BCUT2D eigenvalue weighted by atomic mass is 9.90. The summed E-state index contributed by atoms with van der Waals surface area (Å²) >= 11 is 0. The quantitative estimate of drug-likeness (QED) is 0.638. The number of benzene rings is 1. The van der Waals surface area contributed by atoms with Crippen molar-refractivity contribution in [2.24, 2.45) is 5.73 Å². The Kier molecular flexibility index (Phi) is 6.71. The summed E-state index contributed by atoms with van der Waals surface area (Å²) in [6.45, 7) is 0.334. The van der Waals surface area contributed by atoms with Gasteiger partial charge in [0.2, 0.25) is 5.88 Å². The molecule has 8 nitrogen and oxygen atoms in total. The van der Waals surface area contributed by atoms with Crippen molar-refractivity contribution in [2.75, 3.05) is 12.4 Å². The average molecular weight is 416 g/mol. The highest BCUT2D eigenvalue weighted by Gasteiger charge is 2.29. The lowest BCUT2D eigenvalue weighted by molar-refractivity contribution is 0.0994. The molecule has 9 heteroatoms. The van der Waals surface area contributed by atoms with E-state index in [1.807, 2.05) is 30.3 Å². The molecule has 1 aromatic carbocycles. The number of pyridine rings is 1. The lowest BCUT2D eigenvalue weighted by Gasteiger charge is -2.35. The van der Waals surface area contributed by atoms with E-state index in [-0.39, 0.29) is 29.3 Å². The number of amides is 2. The summed E-state index contributed by atoms with van der Waals surface area (Å²) in [6, 6.07) is 10.3. The summed E-state index contributed by atoms with van der Waals surface area (Å²) in [6.07, 6.45) is 1.66. The van der Waals surface area contributed by atoms with Gasteiger partial charge in [-0.2, -0.15) is 4.98 Å². The number of carboxylic acid groups (broad SMARTS) is 1. The van der Waals surface area contributed by atoms with Crippen LogP contribution < -0.4 is 15.8 Å². The Morgan fingerprint density at radius 3 is 2.50 bits per heavy atom. The molecule has 1 fully saturated rings. The molecule has 30 heavy (non-hydrogen) atoms. The number of rotatable bonds is 7. The predicted octanol–water partition coefficient (Wildman–Crippen LogP) is 3.23. The van der Waals surface area contributed by atoms with Gasteiger partial charge in [0.1, 0.15) is 5.56 Å². The molecule has 0 radical (unpaired) electrons. The molecule has 160 valence electrons. The Morgan fingerprint density at radius 1 is 1.27 bits per heavy atom. The molecule has 0 atom stereocenters. The largest absolute Gasteiger partial charge is 0.480 e. The van der Waals surface area contributed by atoms with E-state index in [9.17, 15) is 19.1 Å². The van der Waals surface area contributed by atoms with E-state index in [1.54, 1.807) is 0 Å². The van der Waals surface area contributed by atoms with E-state index in [2.05, 4.69) is 10.3 Å². The molecule has 0 bridgehead atoms. The third-order valence-corrected chi connectivity index (χ3v) is 5.32. The van der Waals surface area contributed by atoms with Gasteiger partial charge in [0.05, 0.1) is 7.11 Å². The molecule has 1 aliphatic rings. The van der Waals surface area contributed by atoms with Gasteiger partial charge in [-0.05, 0) is 37.3 Å². The molecule has 0 aliphatic heterocycles. The van der Waals surface area contributed by atoms with Gasteiger partial charge in [-0.25, -0.2) is 9.18 Å². The van der Waals surface area contributed by atoms with Crippen LogP contribution in [0.2, 0.25) is 0 Å². The van der Waals surface area contributed by atoms with E-state index < -0.39 is 17.8 Å². The molecule has 2 aromatic rings. The van der Waals surface area contributed by atoms with Crippen LogP contribution in [0.5, 0.6) is 5.88 Å². The van der Waals surface area contributed by atoms with Crippen molar-refractivity contribution in [2.45, 2.75) is 44.3 Å². The molecule has 1 saturated carbocycles. The van der Waals surface area contributed by atoms with E-state index in [4.69, 9.17) is 10.5 Å². The minimum atomic E-state index is -0.949. The fraction of sp³-hybridized carbons (Fsp3) is 0.381. The Balaban J connectivity index is 1.64. The van der Waals surface area contributed by atoms with Crippen LogP contribution in [0.25, 0.3) is 0 Å². The van der Waals surface area contributed by atoms with Crippen molar-refractivity contribution >= 4 is 17.8 Å². The topological polar surface area (TPSA) is 118 Å². The number of ether oxygens (including phenoxy) is 1. The van der Waals surface area contributed by atoms with Gasteiger partial charge >= 0.3 is 6.09 Å². The van der Waals surface area contributed by atoms with Gasteiger partial charge in [0.25, 0.3) is 5.91 Å². The molecule has 2 amide bonds. The molecule has 4 N–H and O–H groups in total. The number of methoxy groups -OCH3 is 1. The fourth-order valence-electron chi connectivity index (χ4n) is 3.76. The number of carbonyl (C=O) groups is 2. The Morgan fingerprint density at radius 2 is 1.93 bits per heavy atom. The number of halogens is 1. The first-order valence-electron chi connectivity index (χ1n) is 9.73. The van der Waals surface area contributed by atoms with Crippen molar-refractivity contribution in [3.63, 3.8) is 0 Å². The summed E-state index contributed by atoms with van der Waals surface area (Å²) in [4.78, 5) is 28.7. The molecule has 0 unspecified atom stereocenters. The zero-order valence-corrected chi connectivity index (χ0v) is 16.7. The van der Waals surface area contributed by atoms with Gasteiger partial charge in [-0.1, -0.05) is 30.3 Å². The first-order valence-corrected chi connectivity index (χ1v) is 9.73. The number of anilines is 1. The predicted molar refractivity (Wildman–Crippen MR) is 109 cm³/mol. The van der Waals surface area contributed by atoms with Gasteiger partial charge in [-0.3, -0.25) is 4.79 Å². The van der Waals surface area contributed by atoms with Crippen LogP contribution in [0.1, 0.15) is 41.6 Å². The number of hydrogen-bond acceptors (Lipinski definition) is 5. The number of aromatic nitrogens is 1. The van der Waals surface area contributed by atoms with Crippen molar-refractivity contribution < 1.29 is 23.8 Å². The van der Waals surface area contributed by atoms with Crippen molar-refractivity contribution in [3.05, 3.63) is 53.3 Å². The first-order chi connectivity index (χ1) is 14.4. The van der Waals surface area contributed by atoms with Gasteiger partial charge in [0, 0.05) is 18.6 Å². The zero-order valence-electron chi connectivity index (χ0n) is 16.7. The average Bonchev–Trinajstić information content (AvgIpc) is 2.74. The maximum Gasteiger partial charge on any atom is 0.407 e.